The fraction of sp³-hybridized carbons (Fsp3) is 0.231. The molecule has 0 fully saturated rings. The zero-order chi connectivity index (χ0) is 14.7. The third-order valence-electron chi connectivity index (χ3n) is 2.26. The summed E-state index contributed by atoms with van der Waals surface area (Å²) in [6, 6.07) is 4.82. The van der Waals surface area contributed by atoms with Crippen LogP contribution in [0.2, 0.25) is 10.0 Å². The minimum absolute atomic E-state index is 0.176. The van der Waals surface area contributed by atoms with E-state index < -0.39 is 5.97 Å². The topological polar surface area (TPSA) is 48.4 Å². The Morgan fingerprint density at radius 3 is 2.85 bits per heavy atom. The summed E-state index contributed by atoms with van der Waals surface area (Å²) >= 11 is 13.1. The van der Waals surface area contributed by atoms with Crippen LogP contribution >= 0.6 is 34.5 Å². The summed E-state index contributed by atoms with van der Waals surface area (Å²) in [5, 5.41) is 1.56. The fourth-order valence-electron chi connectivity index (χ4n) is 1.46. The number of aromatic nitrogens is 1. The molecule has 0 spiro atoms. The molecule has 0 bridgehead atoms. The van der Waals surface area contributed by atoms with E-state index >= 15 is 0 Å². The molecule has 106 valence electrons. The van der Waals surface area contributed by atoms with E-state index in [0.29, 0.717) is 25.7 Å². The number of benzene rings is 1. The van der Waals surface area contributed by atoms with Crippen molar-refractivity contribution in [3.63, 3.8) is 0 Å². The highest BCUT2D eigenvalue weighted by Crippen LogP contribution is 2.35. The van der Waals surface area contributed by atoms with Crippen LogP contribution in [0.25, 0.3) is 0 Å². The molecule has 0 saturated heterocycles. The van der Waals surface area contributed by atoms with Gasteiger partial charge >= 0.3 is 5.97 Å². The van der Waals surface area contributed by atoms with Crippen molar-refractivity contribution in [2.24, 2.45) is 0 Å². The predicted octanol–water partition coefficient (Wildman–Crippen LogP) is 4.73. The van der Waals surface area contributed by atoms with E-state index in [0.717, 1.165) is 0 Å². The van der Waals surface area contributed by atoms with Gasteiger partial charge in [-0.25, -0.2) is 9.78 Å². The lowest BCUT2D eigenvalue weighted by Crippen LogP contribution is -2.04. The monoisotopic (exact) mass is 331 g/mol. The molecule has 2 aromatic rings. The molecule has 20 heavy (non-hydrogen) atoms. The molecule has 0 aliphatic heterocycles. The summed E-state index contributed by atoms with van der Waals surface area (Å²) in [5.41, 5.74) is 0. The highest BCUT2D eigenvalue weighted by Gasteiger charge is 2.20. The lowest BCUT2D eigenvalue weighted by Gasteiger charge is -2.07. The summed E-state index contributed by atoms with van der Waals surface area (Å²) in [4.78, 5) is 16.3. The van der Waals surface area contributed by atoms with Crippen molar-refractivity contribution in [1.82, 2.24) is 4.98 Å². The average Bonchev–Trinajstić information content (AvgIpc) is 2.75. The standard InChI is InChI=1S/C13H11Cl2NO3S/c1-3-18-13(17)11-12(16-7(2)20-11)19-10-6-8(14)4-5-9(10)15/h4-6H,3H2,1-2H3. The number of ether oxygens (including phenoxy) is 2. The largest absolute Gasteiger partial charge is 0.462 e. The summed E-state index contributed by atoms with van der Waals surface area (Å²) in [6.07, 6.45) is 0. The second-order valence-electron chi connectivity index (χ2n) is 3.76. The molecular formula is C13H11Cl2NO3S. The van der Waals surface area contributed by atoms with Crippen LogP contribution in [0.15, 0.2) is 18.2 Å². The van der Waals surface area contributed by atoms with E-state index in [-0.39, 0.29) is 12.5 Å². The van der Waals surface area contributed by atoms with Gasteiger partial charge in [-0.1, -0.05) is 23.2 Å². The molecule has 0 unspecified atom stereocenters. The number of esters is 1. The molecule has 0 saturated carbocycles. The highest BCUT2D eigenvalue weighted by atomic mass is 35.5. The molecule has 0 aliphatic rings. The van der Waals surface area contributed by atoms with Crippen molar-refractivity contribution >= 4 is 40.5 Å². The quantitative estimate of drug-likeness (QED) is 0.760. The molecule has 0 aliphatic carbocycles. The van der Waals surface area contributed by atoms with Crippen LogP contribution < -0.4 is 4.74 Å². The lowest BCUT2D eigenvalue weighted by molar-refractivity contribution is 0.0529. The van der Waals surface area contributed by atoms with E-state index in [1.165, 1.54) is 11.3 Å². The minimum atomic E-state index is -0.466. The molecule has 1 aromatic carbocycles. The third-order valence-corrected chi connectivity index (χ3v) is 3.74. The van der Waals surface area contributed by atoms with Crippen molar-refractivity contribution in [2.45, 2.75) is 13.8 Å². The van der Waals surface area contributed by atoms with E-state index in [1.54, 1.807) is 32.0 Å². The summed E-state index contributed by atoms with van der Waals surface area (Å²) in [6.45, 7) is 3.80. The Hall–Kier alpha value is -1.30. The van der Waals surface area contributed by atoms with Gasteiger partial charge in [0.25, 0.3) is 0 Å². The Balaban J connectivity index is 2.33. The van der Waals surface area contributed by atoms with Crippen molar-refractivity contribution in [1.29, 1.82) is 0 Å². The second kappa shape index (κ2) is 6.43. The molecule has 1 heterocycles. The number of thiazole rings is 1. The van der Waals surface area contributed by atoms with E-state index in [4.69, 9.17) is 32.7 Å². The molecule has 0 N–H and O–H groups in total. The molecule has 2 rings (SSSR count). The Bertz CT molecular complexity index is 643. The normalized spacial score (nSPS) is 10.4. The smallest absolute Gasteiger partial charge is 0.354 e. The Morgan fingerprint density at radius 1 is 1.40 bits per heavy atom. The first-order valence-corrected chi connectivity index (χ1v) is 7.36. The number of hydrogen-bond donors (Lipinski definition) is 0. The molecule has 0 radical (unpaired) electrons. The van der Waals surface area contributed by atoms with Gasteiger partial charge in [0.1, 0.15) is 5.75 Å². The predicted molar refractivity (Wildman–Crippen MR) is 79.3 cm³/mol. The van der Waals surface area contributed by atoms with Gasteiger partial charge in [-0.05, 0) is 26.0 Å². The molecule has 1 aromatic heterocycles. The van der Waals surface area contributed by atoms with Crippen LogP contribution in [0.4, 0.5) is 0 Å². The van der Waals surface area contributed by atoms with Gasteiger partial charge in [0.05, 0.1) is 16.6 Å². The van der Waals surface area contributed by atoms with Gasteiger partial charge < -0.3 is 9.47 Å². The Kier molecular flexibility index (Phi) is 4.86. The summed E-state index contributed by atoms with van der Waals surface area (Å²) in [7, 11) is 0. The highest BCUT2D eigenvalue weighted by molar-refractivity contribution is 7.13. The number of aryl methyl sites for hydroxylation is 1. The maximum atomic E-state index is 11.8. The van der Waals surface area contributed by atoms with Crippen molar-refractivity contribution < 1.29 is 14.3 Å². The van der Waals surface area contributed by atoms with Crippen LogP contribution in [-0.4, -0.2) is 17.6 Å². The lowest BCUT2D eigenvalue weighted by atomic mass is 10.3. The van der Waals surface area contributed by atoms with Crippen molar-refractivity contribution in [3.05, 3.63) is 38.1 Å². The van der Waals surface area contributed by atoms with E-state index in [1.807, 2.05) is 0 Å². The van der Waals surface area contributed by atoms with Gasteiger partial charge in [-0.2, -0.15) is 0 Å². The van der Waals surface area contributed by atoms with E-state index in [2.05, 4.69) is 4.98 Å². The van der Waals surface area contributed by atoms with Crippen LogP contribution in [0, 0.1) is 6.92 Å². The first-order chi connectivity index (χ1) is 9.51. The molecule has 0 atom stereocenters. The molecule has 4 nitrogen and oxygen atoms in total. The molecule has 7 heteroatoms. The van der Waals surface area contributed by atoms with Crippen LogP contribution in [-0.2, 0) is 4.74 Å². The number of halogens is 2. The van der Waals surface area contributed by atoms with Gasteiger partial charge in [-0.3, -0.25) is 0 Å². The average molecular weight is 332 g/mol. The summed E-state index contributed by atoms with van der Waals surface area (Å²) in [5.74, 6) is 0.0522. The van der Waals surface area contributed by atoms with Gasteiger partial charge in [0, 0.05) is 11.1 Å². The van der Waals surface area contributed by atoms with Gasteiger partial charge in [0.15, 0.2) is 4.88 Å². The number of hydrogen-bond acceptors (Lipinski definition) is 5. The Morgan fingerprint density at radius 2 is 2.15 bits per heavy atom. The zero-order valence-corrected chi connectivity index (χ0v) is 13.1. The van der Waals surface area contributed by atoms with E-state index in [9.17, 15) is 4.79 Å². The molecule has 0 amide bonds. The first kappa shape index (κ1) is 15.1. The second-order valence-corrected chi connectivity index (χ2v) is 5.81. The van der Waals surface area contributed by atoms with Crippen LogP contribution in [0.1, 0.15) is 21.6 Å². The fourth-order valence-corrected chi connectivity index (χ4v) is 2.52. The maximum absolute atomic E-state index is 11.8. The minimum Gasteiger partial charge on any atom is -0.462 e. The third kappa shape index (κ3) is 3.42. The number of nitrogens with zero attached hydrogens (tertiary/aromatic N) is 1. The maximum Gasteiger partial charge on any atom is 0.354 e. The van der Waals surface area contributed by atoms with Gasteiger partial charge in [-0.15, -0.1) is 11.3 Å². The number of rotatable bonds is 4. The van der Waals surface area contributed by atoms with Crippen molar-refractivity contribution in [3.8, 4) is 11.6 Å². The summed E-state index contributed by atoms with van der Waals surface area (Å²) < 4.78 is 10.6. The first-order valence-electron chi connectivity index (χ1n) is 5.78. The zero-order valence-electron chi connectivity index (χ0n) is 10.8. The van der Waals surface area contributed by atoms with Crippen LogP contribution in [0.3, 0.4) is 0 Å². The van der Waals surface area contributed by atoms with Crippen LogP contribution in [0.5, 0.6) is 11.6 Å². The molecular weight excluding hydrogens is 321 g/mol. The van der Waals surface area contributed by atoms with Gasteiger partial charge in [0.2, 0.25) is 5.88 Å². The van der Waals surface area contributed by atoms with Crippen molar-refractivity contribution in [2.75, 3.05) is 6.61 Å². The number of carbonyl (C=O) groups excluding carboxylic acids is 1. The Labute approximate surface area is 130 Å². The number of carbonyl (C=O) groups is 1. The SMILES string of the molecule is CCOC(=O)c1sc(C)nc1Oc1cc(Cl)ccc1Cl.